The topological polar surface area (TPSA) is 15.3 Å². The SMILES string of the molecule is CCC1CC(NCC(C)C)CN(C2CC(C)C2)C1. The molecule has 18 heavy (non-hydrogen) atoms. The fraction of sp³-hybridized carbons (Fsp3) is 1.00. The average Bonchev–Trinajstić information content (AvgIpc) is 2.32. The van der Waals surface area contributed by atoms with E-state index in [9.17, 15) is 0 Å². The van der Waals surface area contributed by atoms with Gasteiger partial charge in [-0.05, 0) is 43.6 Å². The van der Waals surface area contributed by atoms with Crippen LogP contribution in [0.5, 0.6) is 0 Å². The molecule has 2 nitrogen and oxygen atoms in total. The van der Waals surface area contributed by atoms with Crippen molar-refractivity contribution in [2.75, 3.05) is 19.6 Å². The molecule has 2 fully saturated rings. The Balaban J connectivity index is 1.83. The lowest BCUT2D eigenvalue weighted by atomic mass is 9.78. The highest BCUT2D eigenvalue weighted by atomic mass is 15.2. The molecule has 1 saturated carbocycles. The number of likely N-dealkylation sites (tertiary alicyclic amines) is 1. The van der Waals surface area contributed by atoms with Crippen LogP contribution in [0.25, 0.3) is 0 Å². The quantitative estimate of drug-likeness (QED) is 0.809. The van der Waals surface area contributed by atoms with E-state index in [0.717, 1.165) is 29.8 Å². The van der Waals surface area contributed by atoms with Crippen molar-refractivity contribution in [2.24, 2.45) is 17.8 Å². The molecule has 2 aliphatic rings. The van der Waals surface area contributed by atoms with Gasteiger partial charge in [-0.15, -0.1) is 0 Å². The van der Waals surface area contributed by atoms with Crippen molar-refractivity contribution in [3.8, 4) is 0 Å². The minimum atomic E-state index is 0.738. The number of hydrogen-bond donors (Lipinski definition) is 1. The molecule has 2 unspecified atom stereocenters. The summed E-state index contributed by atoms with van der Waals surface area (Å²) in [5.41, 5.74) is 0. The van der Waals surface area contributed by atoms with Gasteiger partial charge in [-0.25, -0.2) is 0 Å². The van der Waals surface area contributed by atoms with Crippen molar-refractivity contribution in [1.29, 1.82) is 0 Å². The third-order valence-electron chi connectivity index (χ3n) is 4.82. The molecular weight excluding hydrogens is 220 g/mol. The largest absolute Gasteiger partial charge is 0.312 e. The number of rotatable bonds is 5. The molecule has 1 saturated heterocycles. The van der Waals surface area contributed by atoms with Gasteiger partial charge in [0, 0.05) is 25.2 Å². The summed E-state index contributed by atoms with van der Waals surface area (Å²) in [7, 11) is 0. The van der Waals surface area contributed by atoms with E-state index < -0.39 is 0 Å². The van der Waals surface area contributed by atoms with E-state index in [1.54, 1.807) is 0 Å². The summed E-state index contributed by atoms with van der Waals surface area (Å²) in [6.45, 7) is 13.2. The van der Waals surface area contributed by atoms with E-state index in [2.05, 4.69) is 37.9 Å². The smallest absolute Gasteiger partial charge is 0.0198 e. The minimum Gasteiger partial charge on any atom is -0.312 e. The van der Waals surface area contributed by atoms with Crippen molar-refractivity contribution in [3.05, 3.63) is 0 Å². The molecule has 0 spiro atoms. The zero-order chi connectivity index (χ0) is 13.1. The van der Waals surface area contributed by atoms with E-state index in [0.29, 0.717) is 0 Å². The number of nitrogens with zero attached hydrogens (tertiary/aromatic N) is 1. The van der Waals surface area contributed by atoms with Crippen LogP contribution in [-0.2, 0) is 0 Å². The van der Waals surface area contributed by atoms with E-state index in [1.807, 2.05) is 0 Å². The van der Waals surface area contributed by atoms with Gasteiger partial charge in [0.05, 0.1) is 0 Å². The van der Waals surface area contributed by atoms with Crippen LogP contribution in [0.4, 0.5) is 0 Å². The Morgan fingerprint density at radius 1 is 1.17 bits per heavy atom. The fourth-order valence-electron chi connectivity index (χ4n) is 3.54. The molecule has 2 rings (SSSR count). The molecule has 1 aliphatic carbocycles. The fourth-order valence-corrected chi connectivity index (χ4v) is 3.54. The van der Waals surface area contributed by atoms with Crippen LogP contribution in [0.2, 0.25) is 0 Å². The Labute approximate surface area is 114 Å². The van der Waals surface area contributed by atoms with Gasteiger partial charge in [-0.2, -0.15) is 0 Å². The first-order valence-corrected chi connectivity index (χ1v) is 8.05. The number of nitrogens with one attached hydrogen (secondary N) is 1. The second-order valence-electron chi connectivity index (χ2n) is 7.19. The van der Waals surface area contributed by atoms with Gasteiger partial charge < -0.3 is 5.32 Å². The van der Waals surface area contributed by atoms with Gasteiger partial charge in [0.25, 0.3) is 0 Å². The highest BCUT2D eigenvalue weighted by Crippen LogP contribution is 2.34. The summed E-state index contributed by atoms with van der Waals surface area (Å²) in [4.78, 5) is 2.79. The normalized spacial score (nSPS) is 37.8. The first-order chi connectivity index (χ1) is 8.58. The van der Waals surface area contributed by atoms with Gasteiger partial charge in [0.2, 0.25) is 0 Å². The van der Waals surface area contributed by atoms with Crippen LogP contribution in [-0.4, -0.2) is 36.6 Å². The van der Waals surface area contributed by atoms with Crippen molar-refractivity contribution in [1.82, 2.24) is 10.2 Å². The van der Waals surface area contributed by atoms with Gasteiger partial charge in [-0.3, -0.25) is 4.90 Å². The zero-order valence-electron chi connectivity index (χ0n) is 12.8. The summed E-state index contributed by atoms with van der Waals surface area (Å²) >= 11 is 0. The first kappa shape index (κ1) is 14.3. The highest BCUT2D eigenvalue weighted by Gasteiger charge is 2.35. The van der Waals surface area contributed by atoms with Gasteiger partial charge in [0.15, 0.2) is 0 Å². The summed E-state index contributed by atoms with van der Waals surface area (Å²) in [5, 5.41) is 3.79. The van der Waals surface area contributed by atoms with E-state index >= 15 is 0 Å². The Bertz CT molecular complexity index is 245. The number of hydrogen-bond acceptors (Lipinski definition) is 2. The van der Waals surface area contributed by atoms with E-state index in [-0.39, 0.29) is 0 Å². The molecule has 1 heterocycles. The molecule has 0 bridgehead atoms. The molecule has 106 valence electrons. The molecule has 0 radical (unpaired) electrons. The summed E-state index contributed by atoms with van der Waals surface area (Å²) in [5.74, 6) is 2.66. The minimum absolute atomic E-state index is 0.738. The van der Waals surface area contributed by atoms with Gasteiger partial charge in [-0.1, -0.05) is 34.1 Å². The third-order valence-corrected chi connectivity index (χ3v) is 4.82. The Hall–Kier alpha value is -0.0800. The van der Waals surface area contributed by atoms with Crippen LogP contribution in [0, 0.1) is 17.8 Å². The second-order valence-corrected chi connectivity index (χ2v) is 7.19. The lowest BCUT2D eigenvalue weighted by Crippen LogP contribution is -2.55. The molecule has 1 aliphatic heterocycles. The Morgan fingerprint density at radius 2 is 1.89 bits per heavy atom. The second kappa shape index (κ2) is 6.38. The summed E-state index contributed by atoms with van der Waals surface area (Å²) in [6, 6.07) is 1.64. The molecule has 2 heteroatoms. The predicted octanol–water partition coefficient (Wildman–Crippen LogP) is 3.13. The average molecular weight is 252 g/mol. The summed E-state index contributed by atoms with van der Waals surface area (Å²) in [6.07, 6.45) is 5.61. The van der Waals surface area contributed by atoms with Crippen LogP contribution >= 0.6 is 0 Å². The maximum Gasteiger partial charge on any atom is 0.0198 e. The van der Waals surface area contributed by atoms with Crippen molar-refractivity contribution >= 4 is 0 Å². The maximum absolute atomic E-state index is 3.79. The predicted molar refractivity (Wildman–Crippen MR) is 78.8 cm³/mol. The van der Waals surface area contributed by atoms with Crippen LogP contribution in [0.3, 0.4) is 0 Å². The van der Waals surface area contributed by atoms with Crippen molar-refractivity contribution in [2.45, 2.75) is 65.5 Å². The maximum atomic E-state index is 3.79. The zero-order valence-corrected chi connectivity index (χ0v) is 12.8. The molecule has 0 amide bonds. The third kappa shape index (κ3) is 3.71. The Morgan fingerprint density at radius 3 is 2.44 bits per heavy atom. The molecule has 0 aromatic rings. The lowest BCUT2D eigenvalue weighted by molar-refractivity contribution is 0.0326. The lowest BCUT2D eigenvalue weighted by Gasteiger charge is -2.47. The summed E-state index contributed by atoms with van der Waals surface area (Å²) < 4.78 is 0. The standard InChI is InChI=1S/C16H32N2/c1-5-14-8-15(17-9-12(2)3)11-18(10-14)16-6-13(4)7-16/h12-17H,5-11H2,1-4H3. The molecule has 2 atom stereocenters. The monoisotopic (exact) mass is 252 g/mol. The van der Waals surface area contributed by atoms with E-state index in [1.165, 1.54) is 45.3 Å². The van der Waals surface area contributed by atoms with Gasteiger partial charge >= 0.3 is 0 Å². The van der Waals surface area contributed by atoms with Gasteiger partial charge in [0.1, 0.15) is 0 Å². The Kier molecular flexibility index (Phi) is 5.08. The van der Waals surface area contributed by atoms with Crippen molar-refractivity contribution < 1.29 is 0 Å². The first-order valence-electron chi connectivity index (χ1n) is 8.05. The van der Waals surface area contributed by atoms with Crippen molar-refractivity contribution in [3.63, 3.8) is 0 Å². The molecule has 0 aromatic heterocycles. The van der Waals surface area contributed by atoms with Crippen LogP contribution < -0.4 is 5.32 Å². The molecule has 0 aromatic carbocycles. The number of piperidine rings is 1. The van der Waals surface area contributed by atoms with E-state index in [4.69, 9.17) is 0 Å². The van der Waals surface area contributed by atoms with Crippen LogP contribution in [0.1, 0.15) is 53.4 Å². The van der Waals surface area contributed by atoms with Crippen LogP contribution in [0.15, 0.2) is 0 Å². The highest BCUT2D eigenvalue weighted by molar-refractivity contribution is 4.91. The molecule has 1 N–H and O–H groups in total. The molecular formula is C16H32N2.